The summed E-state index contributed by atoms with van der Waals surface area (Å²) in [6.45, 7) is 6.44. The fraction of sp³-hybridized carbons (Fsp3) is 0.667. The summed E-state index contributed by atoms with van der Waals surface area (Å²) in [6.07, 6.45) is 2.02. The minimum absolute atomic E-state index is 0.157. The van der Waals surface area contributed by atoms with Gasteiger partial charge in [0.2, 0.25) is 0 Å². The van der Waals surface area contributed by atoms with Gasteiger partial charge in [-0.2, -0.15) is 0 Å². The monoisotopic (exact) mass is 261 g/mol. The van der Waals surface area contributed by atoms with E-state index >= 15 is 0 Å². The zero-order valence-electron chi connectivity index (χ0n) is 10.1. The molecule has 1 aromatic rings. The van der Waals surface area contributed by atoms with Gasteiger partial charge in [0.05, 0.1) is 10.9 Å². The number of aliphatic hydroxyl groups is 1. The number of hydrogen-bond acceptors (Lipinski definition) is 3. The SMILES string of the molecule is CCCC(C)(CO)NC(C)c1ccc(Cl)s1. The number of halogens is 1. The largest absolute Gasteiger partial charge is 0.394 e. The summed E-state index contributed by atoms with van der Waals surface area (Å²) < 4.78 is 0.810. The molecule has 0 aliphatic heterocycles. The molecule has 2 nitrogen and oxygen atoms in total. The maximum Gasteiger partial charge on any atom is 0.0931 e. The lowest BCUT2D eigenvalue weighted by atomic mass is 9.96. The molecule has 2 N–H and O–H groups in total. The van der Waals surface area contributed by atoms with Gasteiger partial charge in [0.15, 0.2) is 0 Å². The molecular weight excluding hydrogens is 242 g/mol. The summed E-state index contributed by atoms with van der Waals surface area (Å²) in [5.74, 6) is 0. The molecule has 4 heteroatoms. The minimum atomic E-state index is -0.204. The summed E-state index contributed by atoms with van der Waals surface area (Å²) in [4.78, 5) is 1.21. The van der Waals surface area contributed by atoms with Crippen molar-refractivity contribution in [2.45, 2.75) is 45.2 Å². The van der Waals surface area contributed by atoms with E-state index in [1.54, 1.807) is 11.3 Å². The number of aliphatic hydroxyl groups excluding tert-OH is 1. The molecule has 2 atom stereocenters. The Morgan fingerprint density at radius 3 is 2.69 bits per heavy atom. The molecule has 2 unspecified atom stereocenters. The van der Waals surface area contributed by atoms with Gasteiger partial charge in [-0.3, -0.25) is 0 Å². The number of hydrogen-bond donors (Lipinski definition) is 2. The number of rotatable bonds is 6. The van der Waals surface area contributed by atoms with E-state index in [0.29, 0.717) is 0 Å². The quantitative estimate of drug-likeness (QED) is 0.820. The Morgan fingerprint density at radius 1 is 1.56 bits per heavy atom. The van der Waals surface area contributed by atoms with Gasteiger partial charge in [-0.05, 0) is 32.4 Å². The molecule has 0 radical (unpaired) electrons. The third kappa shape index (κ3) is 3.74. The normalized spacial score (nSPS) is 17.1. The van der Waals surface area contributed by atoms with Crippen molar-refractivity contribution in [1.29, 1.82) is 0 Å². The first-order valence-corrected chi connectivity index (χ1v) is 6.84. The zero-order chi connectivity index (χ0) is 12.2. The van der Waals surface area contributed by atoms with Crippen LogP contribution in [0.15, 0.2) is 12.1 Å². The van der Waals surface area contributed by atoms with Crippen LogP contribution in [-0.4, -0.2) is 17.3 Å². The van der Waals surface area contributed by atoms with E-state index in [9.17, 15) is 5.11 Å². The highest BCUT2D eigenvalue weighted by Gasteiger charge is 2.24. The van der Waals surface area contributed by atoms with Gasteiger partial charge in [0.1, 0.15) is 0 Å². The fourth-order valence-electron chi connectivity index (χ4n) is 1.90. The Balaban J connectivity index is 2.65. The van der Waals surface area contributed by atoms with Gasteiger partial charge in [0, 0.05) is 16.5 Å². The smallest absolute Gasteiger partial charge is 0.0931 e. The van der Waals surface area contributed by atoms with Crippen molar-refractivity contribution in [3.05, 3.63) is 21.3 Å². The van der Waals surface area contributed by atoms with Gasteiger partial charge in [-0.25, -0.2) is 0 Å². The van der Waals surface area contributed by atoms with Crippen LogP contribution in [-0.2, 0) is 0 Å². The maximum absolute atomic E-state index is 9.43. The minimum Gasteiger partial charge on any atom is -0.394 e. The first-order chi connectivity index (χ1) is 7.50. The number of thiophene rings is 1. The van der Waals surface area contributed by atoms with Crippen molar-refractivity contribution in [1.82, 2.24) is 5.32 Å². The van der Waals surface area contributed by atoms with Crippen LogP contribution in [0, 0.1) is 0 Å². The van der Waals surface area contributed by atoms with Crippen LogP contribution in [0.2, 0.25) is 4.34 Å². The van der Waals surface area contributed by atoms with Gasteiger partial charge >= 0.3 is 0 Å². The highest BCUT2D eigenvalue weighted by Crippen LogP contribution is 2.28. The zero-order valence-corrected chi connectivity index (χ0v) is 11.7. The van der Waals surface area contributed by atoms with Crippen molar-refractivity contribution in [2.24, 2.45) is 0 Å². The summed E-state index contributed by atoms with van der Waals surface area (Å²) in [5, 5.41) is 12.9. The van der Waals surface area contributed by atoms with Crippen LogP contribution in [0.5, 0.6) is 0 Å². The second-order valence-corrected chi connectivity index (χ2v) is 6.22. The van der Waals surface area contributed by atoms with E-state index in [1.807, 2.05) is 12.1 Å². The van der Waals surface area contributed by atoms with Gasteiger partial charge in [0.25, 0.3) is 0 Å². The molecule has 1 rings (SSSR count). The maximum atomic E-state index is 9.43. The Kier molecular flexibility index (Phi) is 5.25. The third-order valence-electron chi connectivity index (χ3n) is 2.74. The van der Waals surface area contributed by atoms with Crippen molar-refractivity contribution in [2.75, 3.05) is 6.61 Å². The van der Waals surface area contributed by atoms with E-state index in [4.69, 9.17) is 11.6 Å². The molecule has 0 bridgehead atoms. The first-order valence-electron chi connectivity index (χ1n) is 5.64. The molecule has 0 spiro atoms. The van der Waals surface area contributed by atoms with Gasteiger partial charge < -0.3 is 10.4 Å². The third-order valence-corrected chi connectivity index (χ3v) is 4.15. The van der Waals surface area contributed by atoms with E-state index < -0.39 is 0 Å². The average molecular weight is 262 g/mol. The summed E-state index contributed by atoms with van der Waals surface area (Å²) in [5.41, 5.74) is -0.204. The van der Waals surface area contributed by atoms with E-state index in [-0.39, 0.29) is 18.2 Å². The molecular formula is C12H20ClNOS. The predicted octanol–water partition coefficient (Wildman–Crippen LogP) is 3.60. The molecule has 0 saturated carbocycles. The molecule has 0 aliphatic carbocycles. The Morgan fingerprint density at radius 2 is 2.25 bits per heavy atom. The highest BCUT2D eigenvalue weighted by molar-refractivity contribution is 7.16. The van der Waals surface area contributed by atoms with Gasteiger partial charge in [-0.1, -0.05) is 24.9 Å². The summed E-state index contributed by atoms with van der Waals surface area (Å²) in [7, 11) is 0. The molecule has 0 amide bonds. The molecule has 16 heavy (non-hydrogen) atoms. The molecule has 92 valence electrons. The van der Waals surface area contributed by atoms with Crippen molar-refractivity contribution < 1.29 is 5.11 Å². The van der Waals surface area contributed by atoms with Crippen LogP contribution in [0.1, 0.15) is 44.5 Å². The Hall–Kier alpha value is -0.0900. The predicted molar refractivity (Wildman–Crippen MR) is 71.3 cm³/mol. The highest BCUT2D eigenvalue weighted by atomic mass is 35.5. The van der Waals surface area contributed by atoms with Crippen LogP contribution in [0.4, 0.5) is 0 Å². The van der Waals surface area contributed by atoms with Crippen molar-refractivity contribution >= 4 is 22.9 Å². The lowest BCUT2D eigenvalue weighted by Gasteiger charge is -2.31. The van der Waals surface area contributed by atoms with Crippen LogP contribution in [0.25, 0.3) is 0 Å². The van der Waals surface area contributed by atoms with Crippen LogP contribution >= 0.6 is 22.9 Å². The molecule has 0 saturated heterocycles. The molecule has 1 heterocycles. The Bertz CT molecular complexity index is 329. The van der Waals surface area contributed by atoms with E-state index in [1.165, 1.54) is 4.88 Å². The molecule has 0 fully saturated rings. The standard InChI is InChI=1S/C12H20ClNOS/c1-4-7-12(3,8-15)14-9(2)10-5-6-11(13)16-10/h5-6,9,14-15H,4,7-8H2,1-3H3. The summed E-state index contributed by atoms with van der Waals surface area (Å²) >= 11 is 7.50. The van der Waals surface area contributed by atoms with Crippen LogP contribution in [0.3, 0.4) is 0 Å². The van der Waals surface area contributed by atoms with E-state index in [0.717, 1.165) is 17.2 Å². The average Bonchev–Trinajstić information content (AvgIpc) is 2.65. The van der Waals surface area contributed by atoms with Crippen LogP contribution < -0.4 is 5.32 Å². The molecule has 0 aliphatic rings. The Labute approximate surface area is 107 Å². The molecule has 0 aromatic carbocycles. The second kappa shape index (κ2) is 6.01. The lowest BCUT2D eigenvalue weighted by molar-refractivity contribution is 0.154. The van der Waals surface area contributed by atoms with Crippen molar-refractivity contribution in [3.8, 4) is 0 Å². The lowest BCUT2D eigenvalue weighted by Crippen LogP contribution is -2.46. The first kappa shape index (κ1) is 14.0. The van der Waals surface area contributed by atoms with Crippen molar-refractivity contribution in [3.63, 3.8) is 0 Å². The number of nitrogens with one attached hydrogen (secondary N) is 1. The fourth-order valence-corrected chi connectivity index (χ4v) is 2.97. The second-order valence-electron chi connectivity index (χ2n) is 4.48. The summed E-state index contributed by atoms with van der Waals surface area (Å²) in [6, 6.07) is 4.17. The molecule has 1 aromatic heterocycles. The van der Waals surface area contributed by atoms with E-state index in [2.05, 4.69) is 26.1 Å². The topological polar surface area (TPSA) is 32.3 Å². The van der Waals surface area contributed by atoms with Gasteiger partial charge in [-0.15, -0.1) is 11.3 Å².